The Kier molecular flexibility index (Phi) is 19.3. The highest BCUT2D eigenvalue weighted by atomic mass is 31.2. The fourth-order valence-electron chi connectivity index (χ4n) is 8.26. The van der Waals surface area contributed by atoms with Crippen LogP contribution in [0.4, 0.5) is 0 Å². The molecule has 5 unspecified atom stereocenters. The molecule has 1 N–H and O–H groups in total. The van der Waals surface area contributed by atoms with Gasteiger partial charge in [-0.25, -0.2) is 18.7 Å². The van der Waals surface area contributed by atoms with Gasteiger partial charge in [0.15, 0.2) is 0 Å². The van der Waals surface area contributed by atoms with Gasteiger partial charge in [-0.15, -0.1) is 0 Å². The molecule has 2 heterocycles. The van der Waals surface area contributed by atoms with E-state index in [0.717, 1.165) is 16.7 Å². The molecule has 360 valence electrons. The van der Waals surface area contributed by atoms with E-state index in [1.807, 2.05) is 140 Å². The minimum Gasteiger partial charge on any atom is -0.497 e. The van der Waals surface area contributed by atoms with E-state index in [0.29, 0.717) is 17.1 Å². The molecule has 0 spiro atoms. The van der Waals surface area contributed by atoms with E-state index < -0.39 is 51.6 Å². The molecular formula is C48H67N5O11P2. The second-order valence-electron chi connectivity index (χ2n) is 17.1. The summed E-state index contributed by atoms with van der Waals surface area (Å²) in [7, 11) is -2.49. The Hall–Kier alpha value is -4.23. The fourth-order valence-corrected chi connectivity index (χ4v) is 12.1. The number of aryl methyl sites for hydroxylation is 1. The highest BCUT2D eigenvalue weighted by Crippen LogP contribution is 2.55. The average molecular weight is 952 g/mol. The van der Waals surface area contributed by atoms with Crippen molar-refractivity contribution in [3.63, 3.8) is 0 Å². The second kappa shape index (κ2) is 24.2. The van der Waals surface area contributed by atoms with Gasteiger partial charge >= 0.3 is 13.4 Å². The van der Waals surface area contributed by atoms with E-state index in [1.54, 1.807) is 25.8 Å². The monoisotopic (exact) mass is 951 g/mol. The van der Waals surface area contributed by atoms with Crippen LogP contribution in [-0.2, 0) is 37.7 Å². The van der Waals surface area contributed by atoms with Crippen molar-refractivity contribution in [1.82, 2.24) is 18.9 Å². The standard InChI is InChI=1S/C48H67N5O11P2/c1-33(2)52(34(3)4)65(60-28-29-62-66(56,61-27-15-26-49)53(35(5)6)36(7)8)64-43-30-45(51-31-37(9)46(54)50-47(51)55)63-44(43)32-59-48(38-16-13-12-14-17-38,39-18-22-41(57-10)23-19-39)40-20-24-42(58-11)25-21-40/h12-14,16-25,31,33-36,43-45H,15,27-30,32H2,1-11H3,(H,50,54,55). The molecular weight excluding hydrogens is 884 g/mol. The number of hydrogen-bond donors (Lipinski definition) is 1. The number of nitrogens with one attached hydrogen (secondary N) is 1. The van der Waals surface area contributed by atoms with Gasteiger partial charge in [-0.05, 0) is 103 Å². The molecule has 5 atom stereocenters. The summed E-state index contributed by atoms with van der Waals surface area (Å²) in [6.07, 6.45) is -0.586. The minimum atomic E-state index is -3.85. The Bertz CT molecular complexity index is 2270. The van der Waals surface area contributed by atoms with Gasteiger partial charge in [-0.3, -0.25) is 23.4 Å². The Labute approximate surface area is 390 Å². The van der Waals surface area contributed by atoms with E-state index in [1.165, 1.54) is 10.8 Å². The van der Waals surface area contributed by atoms with Crippen LogP contribution in [0.1, 0.15) is 96.7 Å². The highest BCUT2D eigenvalue weighted by Gasteiger charge is 2.45. The molecule has 18 heteroatoms. The first kappa shape index (κ1) is 52.7. The molecule has 66 heavy (non-hydrogen) atoms. The molecule has 1 fully saturated rings. The van der Waals surface area contributed by atoms with Gasteiger partial charge in [0.25, 0.3) is 14.1 Å². The average Bonchev–Trinajstić information content (AvgIpc) is 3.68. The van der Waals surface area contributed by atoms with Crippen LogP contribution >= 0.6 is 16.3 Å². The SMILES string of the molecule is COc1ccc(C(OCC2OC(n3cc(C)c(=O)[nH]c3=O)CC2OP(OCCOP(=O)(OCCC#N)N(C(C)C)C(C)C)N(C(C)C)C(C)C)(c2ccccc2)c2ccc(OC)cc2)cc1. The molecule has 0 aliphatic carbocycles. The van der Waals surface area contributed by atoms with Gasteiger partial charge in [0.05, 0.1) is 59.2 Å². The predicted octanol–water partition coefficient (Wildman–Crippen LogP) is 9.08. The summed E-state index contributed by atoms with van der Waals surface area (Å²) in [5, 5.41) is 9.19. The number of rotatable bonds is 25. The number of aromatic nitrogens is 2. The summed E-state index contributed by atoms with van der Waals surface area (Å²) in [5.41, 5.74) is 0.527. The van der Waals surface area contributed by atoms with E-state index in [-0.39, 0.29) is 63.4 Å². The zero-order chi connectivity index (χ0) is 48.2. The molecule has 5 rings (SSSR count). The maximum Gasteiger partial charge on any atom is 0.408 e. The summed E-state index contributed by atoms with van der Waals surface area (Å²) in [6.45, 7) is 17.3. The lowest BCUT2D eigenvalue weighted by atomic mass is 9.80. The zero-order valence-electron chi connectivity index (χ0n) is 40.0. The number of nitrogens with zero attached hydrogens (tertiary/aromatic N) is 4. The molecule has 16 nitrogen and oxygen atoms in total. The topological polar surface area (TPSA) is 176 Å². The molecule has 1 aliphatic rings. The molecule has 1 aromatic heterocycles. The first-order valence-electron chi connectivity index (χ1n) is 22.4. The lowest BCUT2D eigenvalue weighted by Crippen LogP contribution is -2.40. The maximum atomic E-state index is 14.3. The van der Waals surface area contributed by atoms with Gasteiger partial charge in [0.2, 0.25) is 0 Å². The van der Waals surface area contributed by atoms with Crippen molar-refractivity contribution in [2.75, 3.05) is 40.6 Å². The van der Waals surface area contributed by atoms with Crippen LogP contribution in [0, 0.1) is 18.3 Å². The third-order valence-corrected chi connectivity index (χ3v) is 15.8. The van der Waals surface area contributed by atoms with Crippen molar-refractivity contribution >= 4 is 16.3 Å². The molecule has 3 aromatic carbocycles. The Morgan fingerprint density at radius 3 is 1.88 bits per heavy atom. The lowest BCUT2D eigenvalue weighted by molar-refractivity contribution is -0.0926. The van der Waals surface area contributed by atoms with Gasteiger partial charge < -0.3 is 28.0 Å². The number of benzene rings is 3. The van der Waals surface area contributed by atoms with Crippen molar-refractivity contribution in [2.45, 2.75) is 123 Å². The van der Waals surface area contributed by atoms with Crippen molar-refractivity contribution in [1.29, 1.82) is 5.26 Å². The van der Waals surface area contributed by atoms with E-state index >= 15 is 0 Å². The quantitative estimate of drug-likeness (QED) is 0.0378. The molecule has 1 saturated heterocycles. The molecule has 4 aromatic rings. The molecule has 0 radical (unpaired) electrons. The summed E-state index contributed by atoms with van der Waals surface area (Å²) in [4.78, 5) is 28.3. The van der Waals surface area contributed by atoms with E-state index in [4.69, 9.17) is 37.0 Å². The summed E-state index contributed by atoms with van der Waals surface area (Å²) in [5.74, 6) is 1.36. The zero-order valence-corrected chi connectivity index (χ0v) is 41.8. The molecule has 0 saturated carbocycles. The third kappa shape index (κ3) is 12.6. The van der Waals surface area contributed by atoms with Crippen LogP contribution in [0.2, 0.25) is 0 Å². The number of methoxy groups -OCH3 is 2. The number of nitriles is 1. The number of hydrogen-bond acceptors (Lipinski definition) is 13. The minimum absolute atomic E-state index is 0.0138. The molecule has 1 aliphatic heterocycles. The van der Waals surface area contributed by atoms with Crippen LogP contribution < -0.4 is 20.7 Å². The molecule has 0 bridgehead atoms. The van der Waals surface area contributed by atoms with E-state index in [2.05, 4.69) is 9.65 Å². The van der Waals surface area contributed by atoms with Gasteiger partial charge in [0, 0.05) is 42.3 Å². The number of H-pyrrole nitrogens is 1. The summed E-state index contributed by atoms with van der Waals surface area (Å²) >= 11 is 0. The predicted molar refractivity (Wildman–Crippen MR) is 255 cm³/mol. The van der Waals surface area contributed by atoms with Gasteiger partial charge in [0.1, 0.15) is 29.4 Å². The lowest BCUT2D eigenvalue weighted by Gasteiger charge is -2.39. The largest absolute Gasteiger partial charge is 0.497 e. The van der Waals surface area contributed by atoms with Crippen LogP contribution in [0.25, 0.3) is 0 Å². The Balaban J connectivity index is 1.55. The van der Waals surface area contributed by atoms with Crippen LogP contribution in [-0.4, -0.2) is 95.9 Å². The van der Waals surface area contributed by atoms with Crippen molar-refractivity contribution in [3.8, 4) is 17.6 Å². The highest BCUT2D eigenvalue weighted by molar-refractivity contribution is 7.51. The smallest absolute Gasteiger partial charge is 0.408 e. The van der Waals surface area contributed by atoms with Crippen molar-refractivity contribution in [3.05, 3.63) is 128 Å². The summed E-state index contributed by atoms with van der Waals surface area (Å²) in [6, 6.07) is 26.9. The van der Waals surface area contributed by atoms with Crippen molar-refractivity contribution < 1.29 is 41.6 Å². The van der Waals surface area contributed by atoms with Crippen molar-refractivity contribution in [2.24, 2.45) is 0 Å². The Morgan fingerprint density at radius 2 is 1.36 bits per heavy atom. The van der Waals surface area contributed by atoms with Crippen LogP contribution in [0.5, 0.6) is 11.5 Å². The number of ether oxygens (including phenoxy) is 4. The first-order valence-corrected chi connectivity index (χ1v) is 25.0. The first-order chi connectivity index (χ1) is 31.5. The fraction of sp³-hybridized carbons (Fsp3) is 0.521. The van der Waals surface area contributed by atoms with Crippen LogP contribution in [0.15, 0.2) is 94.6 Å². The second-order valence-corrected chi connectivity index (χ2v) is 20.4. The molecule has 0 amide bonds. The van der Waals surface area contributed by atoms with Gasteiger partial charge in [-0.2, -0.15) is 5.26 Å². The summed E-state index contributed by atoms with van der Waals surface area (Å²) < 4.78 is 70.3. The van der Waals surface area contributed by atoms with E-state index in [9.17, 15) is 19.4 Å². The number of aromatic amines is 1. The maximum absolute atomic E-state index is 14.3. The van der Waals surface area contributed by atoms with Gasteiger partial charge in [-0.1, -0.05) is 54.6 Å². The third-order valence-electron chi connectivity index (χ3n) is 11.1. The Morgan fingerprint density at radius 1 is 0.818 bits per heavy atom. The van der Waals surface area contributed by atoms with Crippen LogP contribution in [0.3, 0.4) is 0 Å². The normalized spacial score (nSPS) is 18.1.